The zero-order valence-corrected chi connectivity index (χ0v) is 19.9. The average Bonchev–Trinajstić information content (AvgIpc) is 2.83. The second-order valence-electron chi connectivity index (χ2n) is 8.02. The average molecular weight is 472 g/mol. The maximum atomic E-state index is 13.7. The summed E-state index contributed by atoms with van der Waals surface area (Å²) < 4.78 is 0. The van der Waals surface area contributed by atoms with Crippen LogP contribution in [-0.2, 0) is 6.54 Å². The van der Waals surface area contributed by atoms with Gasteiger partial charge in [-0.3, -0.25) is 4.79 Å². The first-order valence-electron chi connectivity index (χ1n) is 10.5. The largest absolute Gasteiger partial charge is 0.351 e. The Morgan fingerprint density at radius 3 is 2.27 bits per heavy atom. The van der Waals surface area contributed by atoms with Crippen molar-refractivity contribution in [3.05, 3.63) is 117 Å². The maximum absolute atomic E-state index is 13.7. The van der Waals surface area contributed by atoms with E-state index in [4.69, 9.17) is 29.1 Å². The van der Waals surface area contributed by atoms with Crippen molar-refractivity contribution in [1.29, 1.82) is 5.26 Å². The number of Topliss-reactive ketones (excluding diaryl/α,β-unsaturated/α-hetero) is 1. The Morgan fingerprint density at radius 1 is 1.03 bits per heavy atom. The van der Waals surface area contributed by atoms with Crippen LogP contribution in [-0.4, -0.2) is 15.8 Å². The van der Waals surface area contributed by atoms with Crippen LogP contribution in [0.15, 0.2) is 84.1 Å². The van der Waals surface area contributed by atoms with Gasteiger partial charge in [0.05, 0.1) is 17.7 Å². The summed E-state index contributed by atoms with van der Waals surface area (Å²) >= 11 is 11.8. The van der Waals surface area contributed by atoms with Crippen molar-refractivity contribution in [2.75, 3.05) is 0 Å². The van der Waals surface area contributed by atoms with E-state index in [0.29, 0.717) is 33.4 Å². The molecular weight excluding hydrogens is 450 g/mol. The van der Waals surface area contributed by atoms with Crippen molar-refractivity contribution >= 4 is 34.7 Å². The van der Waals surface area contributed by atoms with Crippen molar-refractivity contribution in [2.45, 2.75) is 26.4 Å². The lowest BCUT2D eigenvalue weighted by Gasteiger charge is -2.38. The lowest BCUT2D eigenvalue weighted by molar-refractivity contribution is 0.102. The molecule has 1 N–H and O–H groups in total. The molecule has 0 spiro atoms. The van der Waals surface area contributed by atoms with Gasteiger partial charge in [-0.15, -0.1) is 0 Å². The number of nitrogens with zero attached hydrogens (tertiary/aromatic N) is 2. The molecule has 0 fully saturated rings. The van der Waals surface area contributed by atoms with E-state index >= 15 is 0 Å². The molecule has 6 heteroatoms. The molecule has 0 aromatic heterocycles. The Bertz CT molecular complexity index is 1270. The van der Waals surface area contributed by atoms with Gasteiger partial charge in [0.2, 0.25) is 0 Å². The SMILES string of the molecule is CC1=C(C(=O)c2ccc(Cl)cc2)[C@@H](c2ccc(C#N)cc2)NC(=S)N1Cc1ccc(C)cc1. The number of nitrogens with one attached hydrogen (secondary N) is 1. The molecule has 4 nitrogen and oxygen atoms in total. The molecule has 0 unspecified atom stereocenters. The first kappa shape index (κ1) is 22.7. The van der Waals surface area contributed by atoms with Crippen molar-refractivity contribution in [3.63, 3.8) is 0 Å². The lowest BCUT2D eigenvalue weighted by Crippen LogP contribution is -2.47. The van der Waals surface area contributed by atoms with Gasteiger partial charge in [-0.1, -0.05) is 53.6 Å². The molecule has 1 aliphatic heterocycles. The minimum absolute atomic E-state index is 0.0950. The third kappa shape index (κ3) is 4.83. The highest BCUT2D eigenvalue weighted by Gasteiger charge is 2.34. The number of benzene rings is 3. The molecule has 4 rings (SSSR count). The maximum Gasteiger partial charge on any atom is 0.193 e. The number of halogens is 1. The van der Waals surface area contributed by atoms with Crippen LogP contribution in [0.2, 0.25) is 5.02 Å². The lowest BCUT2D eigenvalue weighted by atomic mass is 9.88. The van der Waals surface area contributed by atoms with Crippen molar-refractivity contribution in [1.82, 2.24) is 10.2 Å². The molecule has 164 valence electrons. The Labute approximate surface area is 204 Å². The molecule has 3 aromatic rings. The zero-order chi connectivity index (χ0) is 23.5. The van der Waals surface area contributed by atoms with Crippen LogP contribution in [0.5, 0.6) is 0 Å². The third-order valence-electron chi connectivity index (χ3n) is 5.78. The van der Waals surface area contributed by atoms with Crippen LogP contribution in [0.25, 0.3) is 0 Å². The van der Waals surface area contributed by atoms with Crippen LogP contribution in [0.1, 0.15) is 45.6 Å². The van der Waals surface area contributed by atoms with Gasteiger partial charge in [0.1, 0.15) is 0 Å². The van der Waals surface area contributed by atoms with Gasteiger partial charge in [-0.05, 0) is 73.6 Å². The van der Waals surface area contributed by atoms with Crippen molar-refractivity contribution in [2.24, 2.45) is 0 Å². The van der Waals surface area contributed by atoms with Gasteiger partial charge in [-0.2, -0.15) is 5.26 Å². The number of thiocarbonyl (C=S) groups is 1. The standard InChI is InChI=1S/C27H22ClN3OS/c1-17-3-5-20(6-4-17)16-31-18(2)24(26(32)22-11-13-23(28)14-12-22)25(30-27(31)33)21-9-7-19(15-29)8-10-21/h3-14,25H,16H2,1-2H3,(H,30,33)/t25-/m1/s1. The molecule has 1 heterocycles. The van der Waals surface area contributed by atoms with E-state index in [2.05, 4.69) is 35.7 Å². The number of carbonyl (C=O) groups excluding carboxylic acids is 1. The van der Waals surface area contributed by atoms with Crippen molar-refractivity contribution < 1.29 is 4.79 Å². The van der Waals surface area contributed by atoms with Gasteiger partial charge in [0.15, 0.2) is 10.9 Å². The summed E-state index contributed by atoms with van der Waals surface area (Å²) in [5.74, 6) is -0.0950. The highest BCUT2D eigenvalue weighted by Crippen LogP contribution is 2.34. The molecule has 0 radical (unpaired) electrons. The Kier molecular flexibility index (Phi) is 6.60. The van der Waals surface area contributed by atoms with Crippen LogP contribution in [0, 0.1) is 18.3 Å². The fourth-order valence-corrected chi connectivity index (χ4v) is 4.34. The molecule has 1 aliphatic rings. The van der Waals surface area contributed by atoms with Crippen LogP contribution >= 0.6 is 23.8 Å². The molecular formula is C27H22ClN3OS. The normalized spacial score (nSPS) is 15.8. The monoisotopic (exact) mass is 471 g/mol. The van der Waals surface area contributed by atoms with E-state index in [1.807, 2.05) is 30.9 Å². The van der Waals surface area contributed by atoms with Crippen molar-refractivity contribution in [3.8, 4) is 6.07 Å². The predicted molar refractivity (Wildman–Crippen MR) is 135 cm³/mol. The number of allylic oxidation sites excluding steroid dienone is 1. The summed E-state index contributed by atoms with van der Waals surface area (Å²) in [6, 6.07) is 24.1. The van der Waals surface area contributed by atoms with E-state index in [1.165, 1.54) is 5.56 Å². The molecule has 3 aromatic carbocycles. The summed E-state index contributed by atoms with van der Waals surface area (Å²) in [4.78, 5) is 15.7. The van der Waals surface area contributed by atoms with E-state index in [9.17, 15) is 4.79 Å². The third-order valence-corrected chi connectivity index (χ3v) is 6.37. The Hall–Kier alpha value is -3.46. The fourth-order valence-electron chi connectivity index (χ4n) is 3.90. The quantitative estimate of drug-likeness (QED) is 0.359. The summed E-state index contributed by atoms with van der Waals surface area (Å²) in [7, 11) is 0. The second-order valence-corrected chi connectivity index (χ2v) is 8.85. The number of rotatable bonds is 5. The zero-order valence-electron chi connectivity index (χ0n) is 18.3. The molecule has 0 amide bonds. The first-order valence-corrected chi connectivity index (χ1v) is 11.3. The van der Waals surface area contributed by atoms with Gasteiger partial charge < -0.3 is 10.2 Å². The number of ketones is 1. The van der Waals surface area contributed by atoms with Gasteiger partial charge in [0.25, 0.3) is 0 Å². The highest BCUT2D eigenvalue weighted by molar-refractivity contribution is 7.80. The molecule has 0 bridgehead atoms. The summed E-state index contributed by atoms with van der Waals surface area (Å²) in [5, 5.41) is 13.6. The van der Waals surface area contributed by atoms with Gasteiger partial charge in [-0.25, -0.2) is 0 Å². The predicted octanol–water partition coefficient (Wildman–Crippen LogP) is 6.11. The van der Waals surface area contributed by atoms with Crippen LogP contribution in [0.3, 0.4) is 0 Å². The molecule has 33 heavy (non-hydrogen) atoms. The Balaban J connectivity index is 1.79. The van der Waals surface area contributed by atoms with Crippen LogP contribution < -0.4 is 5.32 Å². The minimum atomic E-state index is -0.428. The topological polar surface area (TPSA) is 56.1 Å². The highest BCUT2D eigenvalue weighted by atomic mass is 35.5. The Morgan fingerprint density at radius 2 is 1.67 bits per heavy atom. The number of hydrogen-bond donors (Lipinski definition) is 1. The van der Waals surface area contributed by atoms with E-state index in [-0.39, 0.29) is 5.78 Å². The van der Waals surface area contributed by atoms with Gasteiger partial charge in [0, 0.05) is 28.4 Å². The minimum Gasteiger partial charge on any atom is -0.351 e. The van der Waals surface area contributed by atoms with Crippen LogP contribution in [0.4, 0.5) is 0 Å². The molecule has 1 atom stereocenters. The fraction of sp³-hybridized carbons (Fsp3) is 0.148. The van der Waals surface area contributed by atoms with Gasteiger partial charge >= 0.3 is 0 Å². The summed E-state index contributed by atoms with van der Waals surface area (Å²) in [5.41, 5.74) is 5.67. The smallest absolute Gasteiger partial charge is 0.193 e. The number of carbonyl (C=O) groups is 1. The number of nitriles is 1. The van der Waals surface area contributed by atoms with E-state index in [0.717, 1.165) is 16.8 Å². The summed E-state index contributed by atoms with van der Waals surface area (Å²) in [6.07, 6.45) is 0. The molecule has 0 saturated heterocycles. The number of aryl methyl sites for hydroxylation is 1. The number of hydrogen-bond acceptors (Lipinski definition) is 3. The van der Waals surface area contributed by atoms with E-state index < -0.39 is 6.04 Å². The van der Waals surface area contributed by atoms with E-state index in [1.54, 1.807) is 36.4 Å². The second kappa shape index (κ2) is 9.58. The molecule has 0 aliphatic carbocycles. The molecule has 0 saturated carbocycles. The summed E-state index contributed by atoms with van der Waals surface area (Å²) in [6.45, 7) is 4.53. The first-order chi connectivity index (χ1) is 15.9.